The van der Waals surface area contributed by atoms with Crippen LogP contribution in [0.3, 0.4) is 0 Å². The van der Waals surface area contributed by atoms with E-state index in [1.807, 2.05) is 0 Å². The number of amides is 1. The average molecular weight is 257 g/mol. The Labute approximate surface area is 92.1 Å². The molecule has 0 radical (unpaired) electrons. The van der Waals surface area contributed by atoms with Gasteiger partial charge in [0.25, 0.3) is 5.91 Å². The number of aromatic nitrogens is 1. The molecule has 0 aliphatic rings. The van der Waals surface area contributed by atoms with Crippen LogP contribution in [-0.4, -0.2) is 22.3 Å². The molecule has 0 fully saturated rings. The van der Waals surface area contributed by atoms with Gasteiger partial charge in [0.05, 0.1) is 5.56 Å². The lowest BCUT2D eigenvalue weighted by molar-refractivity contribution is 0.0953. The predicted octanol–water partition coefficient (Wildman–Crippen LogP) is 1.98. The summed E-state index contributed by atoms with van der Waals surface area (Å²) in [6, 6.07) is 3.50. The minimum atomic E-state index is -0.0731. The fraction of sp³-hybridized carbons (Fsp3) is 0.400. The Kier molecular flexibility index (Phi) is 4.59. The van der Waals surface area contributed by atoms with Crippen LogP contribution in [0.15, 0.2) is 24.5 Å². The normalized spacial score (nSPS) is 12.1. The molecule has 3 nitrogen and oxygen atoms in total. The molecule has 1 unspecified atom stereocenters. The molecule has 0 aliphatic carbocycles. The molecular weight excluding hydrogens is 244 g/mol. The molecule has 0 bridgehead atoms. The topological polar surface area (TPSA) is 42.0 Å². The highest BCUT2D eigenvalue weighted by Crippen LogP contribution is 2.02. The largest absolute Gasteiger partial charge is 0.351 e. The standard InChI is InChI=1S/C10H13BrN2O/c1-2-9(11)7-13-10(14)8-4-3-5-12-6-8/h3-6,9H,2,7H2,1H3,(H,13,14). The maximum atomic E-state index is 11.5. The number of hydrogen-bond donors (Lipinski definition) is 1. The molecule has 0 aromatic carbocycles. The van der Waals surface area contributed by atoms with E-state index < -0.39 is 0 Å². The number of carbonyl (C=O) groups is 1. The fourth-order valence-electron chi connectivity index (χ4n) is 0.947. The summed E-state index contributed by atoms with van der Waals surface area (Å²) in [5.41, 5.74) is 0.600. The van der Waals surface area contributed by atoms with Crippen LogP contribution in [0.1, 0.15) is 23.7 Å². The van der Waals surface area contributed by atoms with Crippen LogP contribution in [0, 0.1) is 0 Å². The molecule has 1 aromatic rings. The van der Waals surface area contributed by atoms with E-state index in [9.17, 15) is 4.79 Å². The second kappa shape index (κ2) is 5.75. The number of pyridine rings is 1. The molecular formula is C10H13BrN2O. The Hall–Kier alpha value is -0.900. The molecule has 1 rings (SSSR count). The van der Waals surface area contributed by atoms with E-state index in [1.54, 1.807) is 24.5 Å². The Bertz CT molecular complexity index is 289. The van der Waals surface area contributed by atoms with Crippen molar-refractivity contribution in [3.63, 3.8) is 0 Å². The zero-order chi connectivity index (χ0) is 10.4. The van der Waals surface area contributed by atoms with E-state index in [4.69, 9.17) is 0 Å². The number of nitrogens with zero attached hydrogens (tertiary/aromatic N) is 1. The predicted molar refractivity (Wildman–Crippen MR) is 59.6 cm³/mol. The summed E-state index contributed by atoms with van der Waals surface area (Å²) in [5, 5.41) is 2.82. The van der Waals surface area contributed by atoms with Crippen LogP contribution in [0.25, 0.3) is 0 Å². The second-order valence-electron chi connectivity index (χ2n) is 2.96. The Morgan fingerprint density at radius 1 is 1.71 bits per heavy atom. The number of nitrogens with one attached hydrogen (secondary N) is 1. The molecule has 1 amide bonds. The first-order valence-corrected chi connectivity index (χ1v) is 5.48. The van der Waals surface area contributed by atoms with Crippen molar-refractivity contribution >= 4 is 21.8 Å². The summed E-state index contributed by atoms with van der Waals surface area (Å²) in [4.78, 5) is 15.7. The van der Waals surface area contributed by atoms with Crippen molar-refractivity contribution in [3.8, 4) is 0 Å². The molecule has 0 saturated carbocycles. The molecule has 1 atom stereocenters. The van der Waals surface area contributed by atoms with E-state index in [2.05, 4.69) is 33.2 Å². The van der Waals surface area contributed by atoms with Gasteiger partial charge >= 0.3 is 0 Å². The number of carbonyl (C=O) groups excluding carboxylic acids is 1. The molecule has 1 N–H and O–H groups in total. The van der Waals surface area contributed by atoms with Crippen LogP contribution in [-0.2, 0) is 0 Å². The lowest BCUT2D eigenvalue weighted by Crippen LogP contribution is -2.29. The summed E-state index contributed by atoms with van der Waals surface area (Å²) in [6.07, 6.45) is 4.20. The lowest BCUT2D eigenvalue weighted by Gasteiger charge is -2.08. The number of alkyl halides is 1. The van der Waals surface area contributed by atoms with Gasteiger partial charge in [-0.15, -0.1) is 0 Å². The third-order valence-corrected chi connectivity index (χ3v) is 2.82. The average Bonchev–Trinajstić information content (AvgIpc) is 2.26. The molecule has 0 aliphatic heterocycles. The van der Waals surface area contributed by atoms with Crippen molar-refractivity contribution in [1.82, 2.24) is 10.3 Å². The van der Waals surface area contributed by atoms with E-state index in [0.717, 1.165) is 6.42 Å². The summed E-state index contributed by atoms with van der Waals surface area (Å²) in [5.74, 6) is -0.0731. The molecule has 1 heterocycles. The zero-order valence-corrected chi connectivity index (χ0v) is 9.62. The smallest absolute Gasteiger partial charge is 0.252 e. The summed E-state index contributed by atoms with van der Waals surface area (Å²) in [6.45, 7) is 2.71. The van der Waals surface area contributed by atoms with Crippen LogP contribution < -0.4 is 5.32 Å². The van der Waals surface area contributed by atoms with Gasteiger partial charge in [0.2, 0.25) is 0 Å². The third-order valence-electron chi connectivity index (χ3n) is 1.85. The quantitative estimate of drug-likeness (QED) is 0.838. The van der Waals surface area contributed by atoms with Crippen molar-refractivity contribution < 1.29 is 4.79 Å². The van der Waals surface area contributed by atoms with E-state index in [1.165, 1.54) is 0 Å². The maximum absolute atomic E-state index is 11.5. The first-order chi connectivity index (χ1) is 6.74. The summed E-state index contributed by atoms with van der Waals surface area (Å²) in [7, 11) is 0. The van der Waals surface area contributed by atoms with Gasteiger partial charge in [0.15, 0.2) is 0 Å². The van der Waals surface area contributed by atoms with Gasteiger partial charge in [-0.05, 0) is 18.6 Å². The minimum Gasteiger partial charge on any atom is -0.351 e. The van der Waals surface area contributed by atoms with Crippen molar-refractivity contribution in [2.24, 2.45) is 0 Å². The SMILES string of the molecule is CCC(Br)CNC(=O)c1cccnc1. The van der Waals surface area contributed by atoms with E-state index in [0.29, 0.717) is 16.9 Å². The highest BCUT2D eigenvalue weighted by atomic mass is 79.9. The van der Waals surface area contributed by atoms with Crippen molar-refractivity contribution in [2.45, 2.75) is 18.2 Å². The summed E-state index contributed by atoms with van der Waals surface area (Å²) >= 11 is 3.45. The minimum absolute atomic E-state index is 0.0731. The zero-order valence-electron chi connectivity index (χ0n) is 8.03. The van der Waals surface area contributed by atoms with E-state index >= 15 is 0 Å². The highest BCUT2D eigenvalue weighted by Gasteiger charge is 2.06. The summed E-state index contributed by atoms with van der Waals surface area (Å²) < 4.78 is 0. The van der Waals surface area contributed by atoms with Crippen LogP contribution in [0.5, 0.6) is 0 Å². The van der Waals surface area contributed by atoms with Crippen molar-refractivity contribution in [1.29, 1.82) is 0 Å². The Morgan fingerprint density at radius 2 is 2.50 bits per heavy atom. The molecule has 1 aromatic heterocycles. The highest BCUT2D eigenvalue weighted by molar-refractivity contribution is 9.09. The Balaban J connectivity index is 2.44. The molecule has 14 heavy (non-hydrogen) atoms. The van der Waals surface area contributed by atoms with Crippen molar-refractivity contribution in [3.05, 3.63) is 30.1 Å². The van der Waals surface area contributed by atoms with Crippen LogP contribution in [0.2, 0.25) is 0 Å². The molecule has 0 spiro atoms. The van der Waals surface area contributed by atoms with Gasteiger partial charge in [-0.3, -0.25) is 9.78 Å². The first-order valence-electron chi connectivity index (χ1n) is 4.56. The lowest BCUT2D eigenvalue weighted by atomic mass is 10.2. The van der Waals surface area contributed by atoms with Gasteiger partial charge in [0.1, 0.15) is 0 Å². The van der Waals surface area contributed by atoms with E-state index in [-0.39, 0.29) is 5.91 Å². The van der Waals surface area contributed by atoms with Gasteiger partial charge < -0.3 is 5.32 Å². The van der Waals surface area contributed by atoms with Gasteiger partial charge in [-0.25, -0.2) is 0 Å². The Morgan fingerprint density at radius 3 is 3.07 bits per heavy atom. The van der Waals surface area contributed by atoms with Gasteiger partial charge in [-0.2, -0.15) is 0 Å². The molecule has 0 saturated heterocycles. The van der Waals surface area contributed by atoms with Crippen molar-refractivity contribution in [2.75, 3.05) is 6.54 Å². The number of halogens is 1. The number of hydrogen-bond acceptors (Lipinski definition) is 2. The molecule has 4 heteroatoms. The fourth-order valence-corrected chi connectivity index (χ4v) is 1.11. The first kappa shape index (κ1) is 11.2. The van der Waals surface area contributed by atoms with Gasteiger partial charge in [-0.1, -0.05) is 22.9 Å². The molecule has 76 valence electrons. The second-order valence-corrected chi connectivity index (χ2v) is 4.25. The van der Waals surface area contributed by atoms with Crippen LogP contribution in [0.4, 0.5) is 0 Å². The maximum Gasteiger partial charge on any atom is 0.252 e. The third kappa shape index (κ3) is 3.46. The monoisotopic (exact) mass is 256 g/mol. The van der Waals surface area contributed by atoms with Crippen LogP contribution >= 0.6 is 15.9 Å². The number of rotatable bonds is 4. The van der Waals surface area contributed by atoms with Gasteiger partial charge in [0, 0.05) is 23.8 Å².